The second kappa shape index (κ2) is 9.70. The molecule has 20 heavy (non-hydrogen) atoms. The summed E-state index contributed by atoms with van der Waals surface area (Å²) in [4.78, 5) is 0. The smallest absolute Gasteiger partial charge is 0.123 e. The van der Waals surface area contributed by atoms with Gasteiger partial charge in [0.2, 0.25) is 0 Å². The number of nitrogens with zero attached hydrogens (tertiary/aromatic N) is 2. The molecule has 0 saturated carbocycles. The first-order valence-electron chi connectivity index (χ1n) is 7.50. The fourth-order valence-electron chi connectivity index (χ4n) is 2.37. The first-order valence-corrected chi connectivity index (χ1v) is 8.21. The second-order valence-corrected chi connectivity index (χ2v) is 5.46. The quantitative estimate of drug-likeness (QED) is 0.536. The molecule has 0 amide bonds. The van der Waals surface area contributed by atoms with Gasteiger partial charge in [0.05, 0.1) is 16.8 Å². The van der Waals surface area contributed by atoms with Crippen LogP contribution in [0.25, 0.3) is 0 Å². The highest BCUT2D eigenvalue weighted by Crippen LogP contribution is 2.28. The number of azo groups is 1. The van der Waals surface area contributed by atoms with Gasteiger partial charge >= 0.3 is 0 Å². The Hall–Kier alpha value is -1.16. The van der Waals surface area contributed by atoms with E-state index in [1.165, 1.54) is 19.3 Å². The molecule has 0 heterocycles. The molecular weight excluding hydrogens is 264 g/mol. The molecule has 3 nitrogen and oxygen atoms in total. The predicted octanol–water partition coefficient (Wildman–Crippen LogP) is 4.23. The highest BCUT2D eigenvalue weighted by Gasteiger charge is 2.12. The number of para-hydroxylation sites is 1. The van der Waals surface area contributed by atoms with Crippen LogP contribution in [0.1, 0.15) is 50.7 Å². The fraction of sp³-hybridized carbons (Fsp3) is 0.625. The molecule has 0 fully saturated rings. The molecule has 109 valence electrons. The van der Waals surface area contributed by atoms with Crippen LogP contribution >= 0.6 is 0 Å². The molecule has 1 unspecified atom stereocenters. The third-order valence-corrected chi connectivity index (χ3v) is 3.81. The Balaban J connectivity index is 2.74. The molecule has 0 aliphatic rings. The van der Waals surface area contributed by atoms with Gasteiger partial charge in [-0.15, -0.1) is 0 Å². The maximum Gasteiger partial charge on any atom is 0.123 e. The summed E-state index contributed by atoms with van der Waals surface area (Å²) in [5.74, 6) is 1.05. The molecule has 0 aromatic heterocycles. The molecule has 1 atom stereocenters. The lowest BCUT2D eigenvalue weighted by Gasteiger charge is -2.16. The highest BCUT2D eigenvalue weighted by molar-refractivity contribution is 6.08. The second-order valence-electron chi connectivity index (χ2n) is 5.14. The molecule has 1 aromatic rings. The lowest BCUT2D eigenvalue weighted by Crippen LogP contribution is -2.04. The lowest BCUT2D eigenvalue weighted by atomic mass is 9.91. The van der Waals surface area contributed by atoms with Crippen LogP contribution in [0.4, 0.5) is 0 Å². The van der Waals surface area contributed by atoms with E-state index in [1.807, 2.05) is 18.2 Å². The van der Waals surface area contributed by atoms with Gasteiger partial charge in [-0.3, -0.25) is 0 Å². The summed E-state index contributed by atoms with van der Waals surface area (Å²) in [5.41, 5.74) is 1.90. The van der Waals surface area contributed by atoms with E-state index in [-0.39, 0.29) is 0 Å². The average molecular weight is 289 g/mol. The van der Waals surface area contributed by atoms with E-state index < -0.39 is 0 Å². The highest BCUT2D eigenvalue weighted by atomic mass is 28.1. The summed E-state index contributed by atoms with van der Waals surface area (Å²) in [7, 11) is 3.25. The zero-order chi connectivity index (χ0) is 14.8. The molecule has 3 radical (unpaired) electrons. The Morgan fingerprint density at radius 3 is 2.60 bits per heavy atom. The fourth-order valence-corrected chi connectivity index (χ4v) is 2.47. The van der Waals surface area contributed by atoms with E-state index in [0.717, 1.165) is 24.0 Å². The molecule has 0 saturated heterocycles. The van der Waals surface area contributed by atoms with Gasteiger partial charge in [0.1, 0.15) is 5.75 Å². The van der Waals surface area contributed by atoms with Gasteiger partial charge in [0.25, 0.3) is 0 Å². The van der Waals surface area contributed by atoms with E-state index in [4.69, 9.17) is 0 Å². The molecule has 1 N–H and O–H groups in total. The van der Waals surface area contributed by atoms with Gasteiger partial charge in [0.15, 0.2) is 0 Å². The number of hydrogen-bond donors (Lipinski definition) is 1. The monoisotopic (exact) mass is 289 g/mol. The van der Waals surface area contributed by atoms with Crippen molar-refractivity contribution in [2.24, 2.45) is 16.1 Å². The van der Waals surface area contributed by atoms with Gasteiger partial charge in [-0.1, -0.05) is 57.7 Å². The Bertz CT molecular complexity index is 421. The Morgan fingerprint density at radius 1 is 1.20 bits per heavy atom. The third-order valence-electron chi connectivity index (χ3n) is 3.67. The minimum absolute atomic E-state index is 0.398. The molecular formula is C16H25N2OSi. The Morgan fingerprint density at radius 2 is 1.95 bits per heavy atom. The van der Waals surface area contributed by atoms with Crippen molar-refractivity contribution >= 4 is 10.2 Å². The number of phenols is 1. The van der Waals surface area contributed by atoms with Crippen LogP contribution in [-0.2, 0) is 13.0 Å². The summed E-state index contributed by atoms with van der Waals surface area (Å²) >= 11 is 0. The number of hydrogen-bond acceptors (Lipinski definition) is 3. The Kier molecular flexibility index (Phi) is 8.19. The van der Waals surface area contributed by atoms with Crippen molar-refractivity contribution in [2.45, 2.75) is 52.5 Å². The van der Waals surface area contributed by atoms with E-state index in [1.54, 1.807) is 0 Å². The number of unbranched alkanes of at least 4 members (excludes halogenated alkanes) is 1. The van der Waals surface area contributed by atoms with Crippen LogP contribution < -0.4 is 0 Å². The van der Waals surface area contributed by atoms with Gasteiger partial charge in [-0.2, -0.15) is 10.2 Å². The van der Waals surface area contributed by atoms with E-state index in [9.17, 15) is 5.11 Å². The van der Waals surface area contributed by atoms with Crippen molar-refractivity contribution < 1.29 is 5.11 Å². The topological polar surface area (TPSA) is 45.0 Å². The first kappa shape index (κ1) is 16.9. The number of aromatic hydroxyl groups is 1. The van der Waals surface area contributed by atoms with Crippen LogP contribution in [0.2, 0.25) is 0 Å². The summed E-state index contributed by atoms with van der Waals surface area (Å²) < 4.78 is 0. The van der Waals surface area contributed by atoms with Crippen LogP contribution in [-0.4, -0.2) is 21.5 Å². The van der Waals surface area contributed by atoms with E-state index in [2.05, 4.69) is 34.3 Å². The number of benzene rings is 1. The van der Waals surface area contributed by atoms with Crippen LogP contribution in [0, 0.1) is 5.92 Å². The lowest BCUT2D eigenvalue weighted by molar-refractivity contribution is 0.423. The van der Waals surface area contributed by atoms with Crippen LogP contribution in [0.15, 0.2) is 28.4 Å². The molecule has 0 aliphatic carbocycles. The third kappa shape index (κ3) is 5.45. The van der Waals surface area contributed by atoms with Crippen molar-refractivity contribution in [3.63, 3.8) is 0 Å². The van der Waals surface area contributed by atoms with Crippen LogP contribution in [0.3, 0.4) is 0 Å². The van der Waals surface area contributed by atoms with Gasteiger partial charge in [-0.25, -0.2) is 0 Å². The number of rotatable bonds is 9. The standard InChI is InChI=1S/C16H25N2OSi/c1-3-5-7-13(4-2)10-14-8-6-9-15(16(14)19)11-17-18-12-20/h6,8-9,13,19H,3-5,7,10-12H2,1-2H3. The van der Waals surface area contributed by atoms with E-state index in [0.29, 0.717) is 24.4 Å². The van der Waals surface area contributed by atoms with Crippen molar-refractivity contribution in [3.8, 4) is 5.75 Å². The first-order chi connectivity index (χ1) is 9.72. The normalized spacial score (nSPS) is 12.9. The minimum Gasteiger partial charge on any atom is -0.507 e. The summed E-state index contributed by atoms with van der Waals surface area (Å²) in [5, 5.41) is 18.3. The number of phenolic OH excluding ortho intramolecular Hbond substituents is 1. The minimum atomic E-state index is 0.398. The van der Waals surface area contributed by atoms with Gasteiger partial charge in [0, 0.05) is 11.7 Å². The molecule has 0 aliphatic heterocycles. The maximum atomic E-state index is 10.3. The largest absolute Gasteiger partial charge is 0.507 e. The van der Waals surface area contributed by atoms with Crippen molar-refractivity contribution in [2.75, 3.05) is 6.17 Å². The van der Waals surface area contributed by atoms with E-state index >= 15 is 0 Å². The maximum absolute atomic E-state index is 10.3. The molecule has 4 heteroatoms. The van der Waals surface area contributed by atoms with Crippen molar-refractivity contribution in [1.82, 2.24) is 0 Å². The molecule has 0 spiro atoms. The van der Waals surface area contributed by atoms with Crippen LogP contribution in [0.5, 0.6) is 5.75 Å². The summed E-state index contributed by atoms with van der Waals surface area (Å²) in [6.07, 6.45) is 6.33. The van der Waals surface area contributed by atoms with Gasteiger partial charge in [-0.05, 0) is 17.9 Å². The molecule has 0 bridgehead atoms. The van der Waals surface area contributed by atoms with Crippen molar-refractivity contribution in [1.29, 1.82) is 0 Å². The molecule has 1 aromatic carbocycles. The van der Waals surface area contributed by atoms with Gasteiger partial charge < -0.3 is 5.11 Å². The SMILES string of the molecule is CCCCC(CC)Cc1cccc(CN=NC[Si])c1O. The predicted molar refractivity (Wildman–Crippen MR) is 84.3 cm³/mol. The summed E-state index contributed by atoms with van der Waals surface area (Å²) in [6, 6.07) is 5.94. The zero-order valence-corrected chi connectivity index (χ0v) is 13.6. The summed E-state index contributed by atoms with van der Waals surface area (Å²) in [6.45, 7) is 4.89. The molecule has 1 rings (SSSR count). The van der Waals surface area contributed by atoms with Crippen molar-refractivity contribution in [3.05, 3.63) is 29.3 Å². The Labute approximate surface area is 125 Å². The average Bonchev–Trinajstić information content (AvgIpc) is 2.47. The zero-order valence-electron chi connectivity index (χ0n) is 12.6.